The van der Waals surface area contributed by atoms with E-state index < -0.39 is 5.97 Å². The number of amides is 1. The summed E-state index contributed by atoms with van der Waals surface area (Å²) in [4.78, 5) is 37.3. The number of aryl methyl sites for hydroxylation is 2. The fourth-order valence-corrected chi connectivity index (χ4v) is 3.81. The monoisotopic (exact) mass is 343 g/mol. The third kappa shape index (κ3) is 4.27. The van der Waals surface area contributed by atoms with Crippen LogP contribution in [-0.2, 0) is 22.4 Å². The summed E-state index contributed by atoms with van der Waals surface area (Å²) in [6.45, 7) is 0.950. The van der Waals surface area contributed by atoms with Crippen LogP contribution in [0.1, 0.15) is 60.0 Å². The largest absolute Gasteiger partial charge is 0.481 e. The van der Waals surface area contributed by atoms with Crippen molar-refractivity contribution >= 4 is 17.7 Å². The number of carboxylic acid groups (broad SMARTS) is 1. The number of likely N-dealkylation sites (tertiary alicyclic amines) is 1. The Morgan fingerprint density at radius 3 is 2.36 bits per heavy atom. The van der Waals surface area contributed by atoms with E-state index in [1.807, 2.05) is 12.1 Å². The number of hydrogen-bond acceptors (Lipinski definition) is 3. The number of Topliss-reactive ketones (excluding diaryl/α,β-unsaturated/α-hetero) is 1. The van der Waals surface area contributed by atoms with Gasteiger partial charge in [0.2, 0.25) is 5.91 Å². The molecule has 1 aliphatic carbocycles. The summed E-state index contributed by atoms with van der Waals surface area (Å²) < 4.78 is 0. The van der Waals surface area contributed by atoms with Crippen molar-refractivity contribution in [1.29, 1.82) is 0 Å². The summed E-state index contributed by atoms with van der Waals surface area (Å²) >= 11 is 0. The summed E-state index contributed by atoms with van der Waals surface area (Å²) in [7, 11) is 0. The Morgan fingerprint density at radius 2 is 1.68 bits per heavy atom. The molecule has 0 unspecified atom stereocenters. The number of carbonyl (C=O) groups excluding carboxylic acids is 2. The molecular formula is C20H25NO4. The van der Waals surface area contributed by atoms with Gasteiger partial charge < -0.3 is 10.0 Å². The number of nitrogens with zero attached hydrogens (tertiary/aromatic N) is 1. The Labute approximate surface area is 148 Å². The first kappa shape index (κ1) is 17.6. The van der Waals surface area contributed by atoms with Crippen LogP contribution in [0.4, 0.5) is 0 Å². The van der Waals surface area contributed by atoms with E-state index in [1.54, 1.807) is 4.90 Å². The summed E-state index contributed by atoms with van der Waals surface area (Å²) in [6.07, 6.45) is 5.94. The number of rotatable bonds is 5. The normalized spacial score (nSPS) is 17.8. The van der Waals surface area contributed by atoms with Crippen molar-refractivity contribution in [1.82, 2.24) is 4.90 Å². The Hall–Kier alpha value is -2.17. The van der Waals surface area contributed by atoms with Gasteiger partial charge in [-0.05, 0) is 55.7 Å². The third-order valence-electron chi connectivity index (χ3n) is 5.43. The molecular weight excluding hydrogens is 318 g/mol. The lowest BCUT2D eigenvalue weighted by Crippen LogP contribution is -2.40. The molecule has 1 aromatic carbocycles. The van der Waals surface area contributed by atoms with E-state index in [0.29, 0.717) is 31.5 Å². The maximum absolute atomic E-state index is 12.4. The molecule has 0 bridgehead atoms. The van der Waals surface area contributed by atoms with Crippen LogP contribution in [0.3, 0.4) is 0 Å². The topological polar surface area (TPSA) is 74.7 Å². The zero-order chi connectivity index (χ0) is 17.8. The lowest BCUT2D eigenvalue weighted by Gasteiger charge is -2.30. The van der Waals surface area contributed by atoms with Crippen LogP contribution < -0.4 is 0 Å². The molecule has 25 heavy (non-hydrogen) atoms. The zero-order valence-corrected chi connectivity index (χ0v) is 14.5. The second-order valence-corrected chi connectivity index (χ2v) is 7.11. The average Bonchev–Trinajstić information content (AvgIpc) is 2.65. The number of benzene rings is 1. The van der Waals surface area contributed by atoms with Crippen molar-refractivity contribution in [2.24, 2.45) is 5.92 Å². The molecule has 0 aromatic heterocycles. The molecule has 3 rings (SSSR count). The highest BCUT2D eigenvalue weighted by atomic mass is 16.4. The average molecular weight is 343 g/mol. The number of aliphatic carboxylic acids is 1. The van der Waals surface area contributed by atoms with Gasteiger partial charge >= 0.3 is 5.97 Å². The van der Waals surface area contributed by atoms with E-state index in [-0.39, 0.29) is 30.4 Å². The summed E-state index contributed by atoms with van der Waals surface area (Å²) in [5.74, 6) is -1.16. The predicted octanol–water partition coefficient (Wildman–Crippen LogP) is 2.85. The second-order valence-electron chi connectivity index (χ2n) is 7.11. The first-order chi connectivity index (χ1) is 12.0. The Kier molecular flexibility index (Phi) is 5.51. The lowest BCUT2D eigenvalue weighted by atomic mass is 9.89. The molecule has 5 heteroatoms. The number of ketones is 1. The molecule has 0 saturated carbocycles. The van der Waals surface area contributed by atoms with Crippen molar-refractivity contribution in [3.8, 4) is 0 Å². The van der Waals surface area contributed by atoms with Crippen LogP contribution in [0.15, 0.2) is 18.2 Å². The Bertz CT molecular complexity index is 674. The Balaban J connectivity index is 1.50. The molecule has 1 aromatic rings. The molecule has 5 nitrogen and oxygen atoms in total. The maximum atomic E-state index is 12.4. The SMILES string of the molecule is O=C(CCC(=O)N1CCC(C(=O)O)CC1)c1ccc2c(c1)CCCC2. The van der Waals surface area contributed by atoms with Gasteiger partial charge in [-0.1, -0.05) is 12.1 Å². The molecule has 1 aliphatic heterocycles. The molecule has 1 fully saturated rings. The maximum Gasteiger partial charge on any atom is 0.306 e. The van der Waals surface area contributed by atoms with Crippen molar-refractivity contribution < 1.29 is 19.5 Å². The summed E-state index contributed by atoms with van der Waals surface area (Å²) in [5.41, 5.74) is 3.33. The van der Waals surface area contributed by atoms with Gasteiger partial charge in [-0.3, -0.25) is 14.4 Å². The number of fused-ring (bicyclic) bond motifs is 1. The van der Waals surface area contributed by atoms with E-state index >= 15 is 0 Å². The van der Waals surface area contributed by atoms with E-state index in [2.05, 4.69) is 6.07 Å². The first-order valence-electron chi connectivity index (χ1n) is 9.20. The van der Waals surface area contributed by atoms with Crippen LogP contribution in [0.25, 0.3) is 0 Å². The highest BCUT2D eigenvalue weighted by Crippen LogP contribution is 2.23. The lowest BCUT2D eigenvalue weighted by molar-refractivity contribution is -0.145. The minimum Gasteiger partial charge on any atom is -0.481 e. The van der Waals surface area contributed by atoms with Gasteiger partial charge in [0.1, 0.15) is 0 Å². The van der Waals surface area contributed by atoms with Gasteiger partial charge in [-0.25, -0.2) is 0 Å². The standard InChI is InChI=1S/C20H25NO4/c22-18(17-6-5-14-3-1-2-4-16(14)13-17)7-8-19(23)21-11-9-15(10-12-21)20(24)25/h5-6,13,15H,1-4,7-12H2,(H,24,25). The summed E-state index contributed by atoms with van der Waals surface area (Å²) in [6, 6.07) is 5.94. The van der Waals surface area contributed by atoms with Gasteiger partial charge in [0.25, 0.3) is 0 Å². The molecule has 0 spiro atoms. The van der Waals surface area contributed by atoms with Gasteiger partial charge in [-0.15, -0.1) is 0 Å². The smallest absolute Gasteiger partial charge is 0.306 e. The molecule has 1 saturated heterocycles. The number of piperidine rings is 1. The number of carbonyl (C=O) groups is 3. The molecule has 0 atom stereocenters. The molecule has 134 valence electrons. The minimum atomic E-state index is -0.783. The highest BCUT2D eigenvalue weighted by Gasteiger charge is 2.27. The highest BCUT2D eigenvalue weighted by molar-refractivity contribution is 5.98. The number of hydrogen-bond donors (Lipinski definition) is 1. The van der Waals surface area contributed by atoms with Crippen LogP contribution in [-0.4, -0.2) is 40.8 Å². The van der Waals surface area contributed by atoms with Crippen molar-refractivity contribution in [3.63, 3.8) is 0 Å². The van der Waals surface area contributed by atoms with E-state index in [9.17, 15) is 14.4 Å². The van der Waals surface area contributed by atoms with E-state index in [1.165, 1.54) is 24.0 Å². The van der Waals surface area contributed by atoms with E-state index in [0.717, 1.165) is 12.8 Å². The molecule has 1 N–H and O–H groups in total. The summed E-state index contributed by atoms with van der Waals surface area (Å²) in [5, 5.41) is 9.00. The molecule has 1 heterocycles. The van der Waals surface area contributed by atoms with Crippen molar-refractivity contribution in [3.05, 3.63) is 34.9 Å². The van der Waals surface area contributed by atoms with Gasteiger partial charge in [0, 0.05) is 31.5 Å². The molecule has 2 aliphatic rings. The first-order valence-corrected chi connectivity index (χ1v) is 9.20. The van der Waals surface area contributed by atoms with Gasteiger partial charge in [0.15, 0.2) is 5.78 Å². The van der Waals surface area contributed by atoms with E-state index in [4.69, 9.17) is 5.11 Å². The second kappa shape index (κ2) is 7.81. The fourth-order valence-electron chi connectivity index (χ4n) is 3.81. The third-order valence-corrected chi connectivity index (χ3v) is 5.43. The van der Waals surface area contributed by atoms with Crippen molar-refractivity contribution in [2.75, 3.05) is 13.1 Å². The van der Waals surface area contributed by atoms with Crippen LogP contribution in [0.2, 0.25) is 0 Å². The van der Waals surface area contributed by atoms with Crippen LogP contribution >= 0.6 is 0 Å². The zero-order valence-electron chi connectivity index (χ0n) is 14.5. The quantitative estimate of drug-likeness (QED) is 0.834. The van der Waals surface area contributed by atoms with Crippen LogP contribution in [0.5, 0.6) is 0 Å². The fraction of sp³-hybridized carbons (Fsp3) is 0.550. The molecule has 0 radical (unpaired) electrons. The molecule has 1 amide bonds. The minimum absolute atomic E-state index is 0.0159. The van der Waals surface area contributed by atoms with Gasteiger partial charge in [-0.2, -0.15) is 0 Å². The predicted molar refractivity (Wildman–Crippen MR) is 93.6 cm³/mol. The number of carboxylic acids is 1. The van der Waals surface area contributed by atoms with Crippen LogP contribution in [0, 0.1) is 5.92 Å². The Morgan fingerprint density at radius 1 is 1.00 bits per heavy atom. The van der Waals surface area contributed by atoms with Gasteiger partial charge in [0.05, 0.1) is 5.92 Å². The van der Waals surface area contributed by atoms with Crippen molar-refractivity contribution in [2.45, 2.75) is 51.4 Å².